The van der Waals surface area contributed by atoms with Gasteiger partial charge in [-0.2, -0.15) is 0 Å². The molecule has 0 aromatic heterocycles. The molecule has 0 bridgehead atoms. The van der Waals surface area contributed by atoms with Crippen LogP contribution in [0.1, 0.15) is 0 Å². The van der Waals surface area contributed by atoms with Gasteiger partial charge in [0.1, 0.15) is 0 Å². The lowest BCUT2D eigenvalue weighted by Crippen LogP contribution is -2.46. The lowest BCUT2D eigenvalue weighted by molar-refractivity contribution is 0.306. The summed E-state index contributed by atoms with van der Waals surface area (Å²) in [5.41, 5.74) is 0. The van der Waals surface area contributed by atoms with Crippen molar-refractivity contribution in [1.29, 1.82) is 0 Å². The molecule has 0 spiro atoms. The minimum atomic E-state index is -0.565. The van der Waals surface area contributed by atoms with Crippen LogP contribution >= 0.6 is 0 Å². The first-order chi connectivity index (χ1) is 5.80. The highest BCUT2D eigenvalue weighted by atomic mass is 16.7. The lowest BCUT2D eigenvalue weighted by atomic mass is 9.70. The van der Waals surface area contributed by atoms with E-state index in [4.69, 9.17) is 20.3 Å². The van der Waals surface area contributed by atoms with Crippen molar-refractivity contribution < 1.29 is 13.7 Å². The normalized spacial score (nSPS) is 17.4. The summed E-state index contributed by atoms with van der Waals surface area (Å²) in [5, 5.41) is 0. The van der Waals surface area contributed by atoms with Gasteiger partial charge in [0.15, 0.2) is 12.6 Å². The average Bonchev–Trinajstić information content (AvgIpc) is 2.16. The van der Waals surface area contributed by atoms with Gasteiger partial charge >= 0.3 is 21.4 Å². The number of hydrogen-bond acceptors (Lipinski definition) is 3. The molecule has 58 valence electrons. The maximum Gasteiger partial charge on any atom is 0.516 e. The molecule has 6 heteroatoms. The third-order valence-electron chi connectivity index (χ3n) is 1.35. The second kappa shape index (κ2) is 4.29. The smallest absolute Gasteiger partial charge is 0.445 e. The maximum absolute atomic E-state index is 5.24. The monoisotopic (exact) mass is 161 g/mol. The molecule has 0 unspecified atom stereocenters. The van der Waals surface area contributed by atoms with E-state index in [1.807, 2.05) is 0 Å². The Balaban J connectivity index is 2.57. The first kappa shape index (κ1) is 9.29. The third kappa shape index (κ3) is 2.09. The van der Waals surface area contributed by atoms with E-state index in [0.717, 1.165) is 0 Å². The van der Waals surface area contributed by atoms with Crippen molar-refractivity contribution in [2.45, 2.75) is 0 Å². The molecular weight excluding hydrogens is 152 g/mol. The molecule has 0 amide bonds. The summed E-state index contributed by atoms with van der Waals surface area (Å²) in [6.07, 6.45) is 0. The minimum absolute atomic E-state index is 0.494. The average molecular weight is 161 g/mol. The van der Waals surface area contributed by atoms with Gasteiger partial charge in [0.05, 0.1) is 0 Å². The van der Waals surface area contributed by atoms with Crippen LogP contribution in [0.4, 0.5) is 0 Å². The molecule has 0 aromatic carbocycles. The molecule has 1 fully saturated rings. The fourth-order valence-corrected chi connectivity index (χ4v) is 0.806. The molecule has 12 heavy (non-hydrogen) atoms. The fraction of sp³-hybridized carbons (Fsp3) is 0. The SMILES string of the molecule is [CH+]=CB1OB(C=C)OB(C=C)O1. The highest BCUT2D eigenvalue weighted by Crippen LogP contribution is 2.09. The summed E-state index contributed by atoms with van der Waals surface area (Å²) in [7, 11) is -1.55. The first-order valence-corrected chi connectivity index (χ1v) is 3.56. The van der Waals surface area contributed by atoms with Crippen molar-refractivity contribution in [2.75, 3.05) is 0 Å². The van der Waals surface area contributed by atoms with E-state index in [-0.39, 0.29) is 0 Å². The van der Waals surface area contributed by atoms with Gasteiger partial charge in [-0.05, 0) is 0 Å². The highest BCUT2D eigenvalue weighted by Gasteiger charge is 2.38. The quantitative estimate of drug-likeness (QED) is 0.444. The third-order valence-corrected chi connectivity index (χ3v) is 1.35. The molecule has 1 aliphatic heterocycles. The zero-order valence-electron chi connectivity index (χ0n) is 6.68. The van der Waals surface area contributed by atoms with Crippen LogP contribution in [0.5, 0.6) is 0 Å². The predicted molar refractivity (Wildman–Crippen MR) is 49.8 cm³/mol. The Morgan fingerprint density at radius 2 is 1.33 bits per heavy atom. The second-order valence-electron chi connectivity index (χ2n) is 2.18. The standard InChI is InChI=1S/C6H8B3O3/c1-4-7-10-8(5-2)12-9(6-3)11-7/h1,4-6H,2-3H2/q+1. The Labute approximate surface area is 73.5 Å². The molecule has 0 N–H and O–H groups in total. The molecule has 0 aromatic rings. The summed E-state index contributed by atoms with van der Waals surface area (Å²) >= 11 is 0. The Hall–Kier alpha value is -0.795. The molecule has 1 heterocycles. The largest absolute Gasteiger partial charge is 0.516 e. The van der Waals surface area contributed by atoms with E-state index >= 15 is 0 Å². The number of rotatable bonds is 3. The van der Waals surface area contributed by atoms with Gasteiger partial charge in [-0.3, -0.25) is 0 Å². The zero-order chi connectivity index (χ0) is 8.97. The van der Waals surface area contributed by atoms with Crippen molar-refractivity contribution in [1.82, 2.24) is 0 Å². The van der Waals surface area contributed by atoms with Crippen LogP contribution in [-0.2, 0) is 13.7 Å². The van der Waals surface area contributed by atoms with Gasteiger partial charge in [0.25, 0.3) is 0 Å². The van der Waals surface area contributed by atoms with Crippen LogP contribution in [0.25, 0.3) is 0 Å². The first-order valence-electron chi connectivity index (χ1n) is 3.56. The van der Waals surface area contributed by atoms with E-state index in [9.17, 15) is 0 Å². The molecule has 3 nitrogen and oxygen atoms in total. The topological polar surface area (TPSA) is 27.7 Å². The molecule has 1 saturated heterocycles. The van der Waals surface area contributed by atoms with E-state index in [1.54, 1.807) is 0 Å². The molecule has 0 atom stereocenters. The van der Waals surface area contributed by atoms with Crippen LogP contribution in [-0.4, -0.2) is 21.4 Å². The predicted octanol–water partition coefficient (Wildman–Crippen LogP) is 0.493. The van der Waals surface area contributed by atoms with Gasteiger partial charge < -0.3 is 13.7 Å². The molecule has 0 saturated carbocycles. The summed E-state index contributed by atoms with van der Waals surface area (Å²) in [4.78, 5) is 0. The van der Waals surface area contributed by atoms with E-state index in [1.165, 1.54) is 17.9 Å². The molecule has 1 aliphatic rings. The Kier molecular flexibility index (Phi) is 3.32. The van der Waals surface area contributed by atoms with Crippen LogP contribution in [0.15, 0.2) is 31.1 Å². The highest BCUT2D eigenvalue weighted by molar-refractivity contribution is 6.78. The van der Waals surface area contributed by atoms with Crippen molar-refractivity contribution >= 4 is 21.4 Å². The molecule has 0 radical (unpaired) electrons. The Morgan fingerprint density at radius 1 is 0.917 bits per heavy atom. The zero-order valence-corrected chi connectivity index (χ0v) is 6.68. The summed E-state index contributed by atoms with van der Waals surface area (Å²) < 4.78 is 15.4. The minimum Gasteiger partial charge on any atom is -0.445 e. The van der Waals surface area contributed by atoms with Gasteiger partial charge in [0, 0.05) is 0 Å². The molecule has 1 rings (SSSR count). The van der Waals surface area contributed by atoms with Crippen LogP contribution in [0, 0.1) is 6.58 Å². The van der Waals surface area contributed by atoms with Crippen molar-refractivity contribution in [3.8, 4) is 0 Å². The lowest BCUT2D eigenvalue weighted by Gasteiger charge is -2.24. The van der Waals surface area contributed by atoms with E-state index in [2.05, 4.69) is 13.2 Å². The van der Waals surface area contributed by atoms with Crippen LogP contribution in [0.2, 0.25) is 0 Å². The summed E-state index contributed by atoms with van der Waals surface area (Å²) in [6.45, 7) is 12.3. The van der Waals surface area contributed by atoms with Crippen molar-refractivity contribution in [2.24, 2.45) is 0 Å². The van der Waals surface area contributed by atoms with Crippen LogP contribution < -0.4 is 0 Å². The van der Waals surface area contributed by atoms with Crippen LogP contribution in [0.3, 0.4) is 0 Å². The second-order valence-corrected chi connectivity index (χ2v) is 2.18. The Bertz CT molecular complexity index is 157. The maximum atomic E-state index is 5.24. The van der Waals surface area contributed by atoms with Gasteiger partial charge in [0.2, 0.25) is 0 Å². The molecular formula is C6H8B3O3+. The van der Waals surface area contributed by atoms with Gasteiger partial charge in [-0.1, -0.05) is 12.0 Å². The van der Waals surface area contributed by atoms with E-state index in [0.29, 0.717) is 0 Å². The van der Waals surface area contributed by atoms with Gasteiger partial charge in [-0.15, -0.1) is 13.2 Å². The van der Waals surface area contributed by atoms with Gasteiger partial charge in [-0.25, -0.2) is 0 Å². The summed E-state index contributed by atoms with van der Waals surface area (Å²) in [6, 6.07) is 0. The fourth-order valence-electron chi connectivity index (χ4n) is 0.806. The molecule has 0 aliphatic carbocycles. The number of hydrogen-bond donors (Lipinski definition) is 0. The van der Waals surface area contributed by atoms with Crippen molar-refractivity contribution in [3.05, 3.63) is 37.7 Å². The summed E-state index contributed by atoms with van der Waals surface area (Å²) in [5.74, 6) is 4.35. The van der Waals surface area contributed by atoms with E-state index < -0.39 is 21.4 Å². The van der Waals surface area contributed by atoms with Crippen molar-refractivity contribution in [3.63, 3.8) is 0 Å². The Morgan fingerprint density at radius 3 is 1.67 bits per heavy atom.